The maximum absolute atomic E-state index is 12.4. The van der Waals surface area contributed by atoms with Crippen LogP contribution in [-0.2, 0) is 11.2 Å². The first-order chi connectivity index (χ1) is 12.9. The van der Waals surface area contributed by atoms with Crippen LogP contribution in [0.25, 0.3) is 0 Å². The van der Waals surface area contributed by atoms with Gasteiger partial charge in [0, 0.05) is 42.5 Å². The molecule has 9 nitrogen and oxygen atoms in total. The predicted molar refractivity (Wildman–Crippen MR) is 97.9 cm³/mol. The lowest BCUT2D eigenvalue weighted by atomic mass is 10.1. The molecule has 27 heavy (non-hydrogen) atoms. The molecule has 0 bridgehead atoms. The van der Waals surface area contributed by atoms with Crippen molar-refractivity contribution in [2.24, 2.45) is 0 Å². The monoisotopic (exact) mass is 389 g/mol. The molecule has 1 N–H and O–H groups in total. The molecule has 3 rings (SSSR count). The van der Waals surface area contributed by atoms with Crippen molar-refractivity contribution in [3.8, 4) is 0 Å². The van der Waals surface area contributed by atoms with E-state index in [0.717, 1.165) is 43.7 Å². The highest BCUT2D eigenvalue weighted by Crippen LogP contribution is 2.31. The molecular formula is C17H17N4O5S-. The zero-order valence-electron chi connectivity index (χ0n) is 14.3. The van der Waals surface area contributed by atoms with Gasteiger partial charge in [0.05, 0.1) is 10.6 Å². The zero-order chi connectivity index (χ0) is 19.4. The highest BCUT2D eigenvalue weighted by atomic mass is 32.1. The number of nitrogens with one attached hydrogen (secondary N) is 1. The second-order valence-corrected chi connectivity index (χ2v) is 7.01. The number of hydrogen-bond acceptors (Lipinski definition) is 8. The van der Waals surface area contributed by atoms with Crippen LogP contribution in [0.3, 0.4) is 0 Å². The van der Waals surface area contributed by atoms with Crippen molar-refractivity contribution in [2.45, 2.75) is 25.7 Å². The van der Waals surface area contributed by atoms with Crippen LogP contribution in [0.5, 0.6) is 0 Å². The van der Waals surface area contributed by atoms with Gasteiger partial charge in [-0.3, -0.25) is 20.2 Å². The second-order valence-electron chi connectivity index (χ2n) is 6.16. The minimum atomic E-state index is -1.26. The number of hydrogen-bond donors (Lipinski definition) is 1. The topological polar surface area (TPSA) is 128 Å². The van der Waals surface area contributed by atoms with E-state index in [2.05, 4.69) is 10.3 Å². The maximum atomic E-state index is 12.4. The van der Waals surface area contributed by atoms with E-state index in [-0.39, 0.29) is 28.5 Å². The van der Waals surface area contributed by atoms with Gasteiger partial charge in [-0.2, -0.15) is 0 Å². The summed E-state index contributed by atoms with van der Waals surface area (Å²) in [5, 5.41) is 26.3. The van der Waals surface area contributed by atoms with Gasteiger partial charge in [-0.25, -0.2) is 4.98 Å². The van der Waals surface area contributed by atoms with Crippen LogP contribution in [0.1, 0.15) is 35.3 Å². The molecule has 142 valence electrons. The first kappa shape index (κ1) is 18.8. The number of benzene rings is 1. The summed E-state index contributed by atoms with van der Waals surface area (Å²) in [4.78, 5) is 39.9. The molecule has 1 aromatic carbocycles. The molecule has 0 saturated carbocycles. The zero-order valence-corrected chi connectivity index (χ0v) is 15.2. The van der Waals surface area contributed by atoms with Crippen molar-refractivity contribution in [3.05, 3.63) is 45.0 Å². The number of nitro benzene ring substituents is 1. The number of carboxylic acid groups (broad SMARTS) is 1. The van der Waals surface area contributed by atoms with Crippen molar-refractivity contribution < 1.29 is 19.6 Å². The lowest BCUT2D eigenvalue weighted by Gasteiger charge is -2.28. The molecule has 1 fully saturated rings. The summed E-state index contributed by atoms with van der Waals surface area (Å²) in [5.74, 6) is -1.81. The molecule has 1 saturated heterocycles. The van der Waals surface area contributed by atoms with E-state index in [1.54, 1.807) is 12.1 Å². The lowest BCUT2D eigenvalue weighted by molar-refractivity contribution is -0.384. The van der Waals surface area contributed by atoms with E-state index in [1.165, 1.54) is 11.4 Å². The Bertz CT molecular complexity index is 876. The molecule has 0 unspecified atom stereocenters. The van der Waals surface area contributed by atoms with Gasteiger partial charge in [0.25, 0.3) is 11.6 Å². The van der Waals surface area contributed by atoms with Crippen molar-refractivity contribution in [3.63, 3.8) is 0 Å². The predicted octanol–water partition coefficient (Wildman–Crippen LogP) is 1.59. The first-order valence-electron chi connectivity index (χ1n) is 8.43. The summed E-state index contributed by atoms with van der Waals surface area (Å²) in [6.07, 6.45) is 2.73. The number of aromatic nitrogens is 1. The summed E-state index contributed by atoms with van der Waals surface area (Å²) in [6.45, 7) is 1.51. The molecule has 10 heteroatoms. The molecule has 0 spiro atoms. The smallest absolute Gasteiger partial charge is 0.293 e. The third kappa shape index (κ3) is 4.59. The number of carboxylic acids is 1. The van der Waals surface area contributed by atoms with Crippen molar-refractivity contribution >= 4 is 39.7 Å². The Morgan fingerprint density at radius 1 is 1.26 bits per heavy atom. The molecule has 2 aromatic rings. The Kier molecular flexibility index (Phi) is 5.65. The number of nitrogens with zero attached hydrogens (tertiary/aromatic N) is 3. The summed E-state index contributed by atoms with van der Waals surface area (Å²) in [5.41, 5.74) is 0.823. The van der Waals surface area contributed by atoms with Crippen molar-refractivity contribution in [2.75, 3.05) is 23.3 Å². The van der Waals surface area contributed by atoms with Crippen LogP contribution < -0.4 is 15.3 Å². The summed E-state index contributed by atoms with van der Waals surface area (Å²) < 4.78 is 0. The van der Waals surface area contributed by atoms with E-state index in [0.29, 0.717) is 5.69 Å². The number of aliphatic carboxylic acids is 1. The summed E-state index contributed by atoms with van der Waals surface area (Å²) in [6, 6.07) is 4.40. The Hall–Kier alpha value is -3.01. The third-order valence-electron chi connectivity index (χ3n) is 4.23. The minimum Gasteiger partial charge on any atom is -0.550 e. The molecule has 1 aliphatic rings. The standard InChI is InChI=1S/C17H18N4O5S/c22-15(23)9-12-10-27-17(18-12)19-16(24)11-4-5-13(14(8-11)21(25)26)20-6-2-1-3-7-20/h4-5,8,10H,1-3,6-7,9H2,(H,22,23)(H,18,19,24)/p-1. The quantitative estimate of drug-likeness (QED) is 0.587. The van der Waals surface area contributed by atoms with E-state index >= 15 is 0 Å². The molecular weight excluding hydrogens is 372 g/mol. The van der Waals surface area contributed by atoms with Gasteiger partial charge >= 0.3 is 0 Å². The average molecular weight is 389 g/mol. The highest BCUT2D eigenvalue weighted by Gasteiger charge is 2.23. The molecule has 2 heterocycles. The fourth-order valence-corrected chi connectivity index (χ4v) is 3.68. The number of thiazole rings is 1. The fourth-order valence-electron chi connectivity index (χ4n) is 2.98. The van der Waals surface area contributed by atoms with Gasteiger partial charge in [-0.05, 0) is 31.4 Å². The van der Waals surface area contributed by atoms with E-state index in [4.69, 9.17) is 0 Å². The average Bonchev–Trinajstić information content (AvgIpc) is 3.07. The van der Waals surface area contributed by atoms with Crippen molar-refractivity contribution in [1.29, 1.82) is 0 Å². The number of rotatable bonds is 6. The molecule has 1 amide bonds. The summed E-state index contributed by atoms with van der Waals surface area (Å²) in [7, 11) is 0. The van der Waals surface area contributed by atoms with Crippen LogP contribution in [0, 0.1) is 10.1 Å². The molecule has 1 aromatic heterocycles. The largest absolute Gasteiger partial charge is 0.550 e. The molecule has 1 aliphatic heterocycles. The number of carbonyl (C=O) groups is 2. The van der Waals surface area contributed by atoms with Crippen LogP contribution in [0.2, 0.25) is 0 Å². The Morgan fingerprint density at radius 2 is 2.00 bits per heavy atom. The number of piperidine rings is 1. The van der Waals surface area contributed by atoms with Gasteiger partial charge in [0.2, 0.25) is 0 Å². The fraction of sp³-hybridized carbons (Fsp3) is 0.353. The third-order valence-corrected chi connectivity index (χ3v) is 5.04. The van der Waals surface area contributed by atoms with Gasteiger partial charge in [0.15, 0.2) is 5.13 Å². The number of anilines is 2. The van der Waals surface area contributed by atoms with Gasteiger partial charge < -0.3 is 14.8 Å². The number of nitro groups is 1. The molecule has 0 radical (unpaired) electrons. The highest BCUT2D eigenvalue weighted by molar-refractivity contribution is 7.14. The van der Waals surface area contributed by atoms with Crippen molar-refractivity contribution in [1.82, 2.24) is 4.98 Å². The number of carbonyl (C=O) groups excluding carboxylic acids is 2. The van der Waals surface area contributed by atoms with Gasteiger partial charge in [0.1, 0.15) is 5.69 Å². The minimum absolute atomic E-state index is 0.110. The van der Waals surface area contributed by atoms with Crippen LogP contribution in [0.15, 0.2) is 23.6 Å². The Balaban J connectivity index is 1.78. The molecule has 0 aliphatic carbocycles. The summed E-state index contributed by atoms with van der Waals surface area (Å²) >= 11 is 1.07. The normalized spacial score (nSPS) is 14.0. The maximum Gasteiger partial charge on any atom is 0.293 e. The second kappa shape index (κ2) is 8.12. The number of amides is 1. The van der Waals surface area contributed by atoms with Crippen LogP contribution >= 0.6 is 11.3 Å². The van der Waals surface area contributed by atoms with E-state index < -0.39 is 16.8 Å². The Labute approximate surface area is 158 Å². The molecule has 0 atom stereocenters. The van der Waals surface area contributed by atoms with Crippen LogP contribution in [0.4, 0.5) is 16.5 Å². The SMILES string of the molecule is O=C([O-])Cc1csc(NC(=O)c2ccc(N3CCCCC3)c([N+](=O)[O-])c2)n1. The van der Waals surface area contributed by atoms with E-state index in [1.807, 2.05) is 4.90 Å². The van der Waals surface area contributed by atoms with E-state index in [9.17, 15) is 24.8 Å². The van der Waals surface area contributed by atoms with Crippen LogP contribution in [-0.4, -0.2) is 34.9 Å². The lowest BCUT2D eigenvalue weighted by Crippen LogP contribution is -2.30. The first-order valence-corrected chi connectivity index (χ1v) is 9.31. The Morgan fingerprint density at radius 3 is 2.67 bits per heavy atom. The van der Waals surface area contributed by atoms with Gasteiger partial charge in [-0.15, -0.1) is 11.3 Å². The van der Waals surface area contributed by atoms with Gasteiger partial charge in [-0.1, -0.05) is 0 Å².